The molecule has 0 unspecified atom stereocenters. The van der Waals surface area contributed by atoms with Crippen molar-refractivity contribution in [2.24, 2.45) is 0 Å². The van der Waals surface area contributed by atoms with Crippen LogP contribution in [0.3, 0.4) is 0 Å². The van der Waals surface area contributed by atoms with Crippen molar-refractivity contribution in [1.82, 2.24) is 0 Å². The van der Waals surface area contributed by atoms with E-state index >= 15 is 0 Å². The van der Waals surface area contributed by atoms with Crippen LogP contribution in [0.5, 0.6) is 5.75 Å². The zero-order valence-corrected chi connectivity index (χ0v) is 10.4. The Labute approximate surface area is 107 Å². The highest BCUT2D eigenvalue weighted by atomic mass is 35.5. The minimum atomic E-state index is -4.15. The maximum Gasteiger partial charge on any atom is 0.389 e. The van der Waals surface area contributed by atoms with Crippen molar-refractivity contribution in [3.8, 4) is 5.75 Å². The third-order valence-corrected chi connectivity index (χ3v) is 2.63. The second-order valence-corrected chi connectivity index (χ2v) is 4.10. The molecule has 17 heavy (non-hydrogen) atoms. The summed E-state index contributed by atoms with van der Waals surface area (Å²) in [7, 11) is 0. The summed E-state index contributed by atoms with van der Waals surface area (Å²) >= 11 is 11.5. The summed E-state index contributed by atoms with van der Waals surface area (Å²) in [4.78, 5) is 0. The van der Waals surface area contributed by atoms with Gasteiger partial charge in [-0.1, -0.05) is 23.7 Å². The fourth-order valence-electron chi connectivity index (χ4n) is 1.27. The van der Waals surface area contributed by atoms with Gasteiger partial charge in [0, 0.05) is 12.0 Å². The summed E-state index contributed by atoms with van der Waals surface area (Å²) in [5.41, 5.74) is 0.672. The predicted octanol–water partition coefficient (Wildman–Crippen LogP) is 4.80. The van der Waals surface area contributed by atoms with Gasteiger partial charge in [-0.3, -0.25) is 0 Å². The molecule has 1 nitrogen and oxygen atoms in total. The zero-order chi connectivity index (χ0) is 12.9. The highest BCUT2D eigenvalue weighted by Crippen LogP contribution is 2.30. The molecule has 0 fully saturated rings. The van der Waals surface area contributed by atoms with Gasteiger partial charge in [0.25, 0.3) is 0 Å². The van der Waals surface area contributed by atoms with Crippen LogP contribution >= 0.6 is 23.2 Å². The van der Waals surface area contributed by atoms with E-state index in [4.69, 9.17) is 27.9 Å². The maximum absolute atomic E-state index is 11.9. The fraction of sp³-hybridized carbons (Fsp3) is 0.455. The first kappa shape index (κ1) is 14.5. The lowest BCUT2D eigenvalue weighted by Gasteiger charge is -2.12. The van der Waals surface area contributed by atoms with Gasteiger partial charge in [0.05, 0.1) is 17.5 Å². The molecule has 0 aliphatic heterocycles. The maximum atomic E-state index is 11.9. The second-order valence-electron chi connectivity index (χ2n) is 3.43. The van der Waals surface area contributed by atoms with E-state index in [0.29, 0.717) is 16.3 Å². The first-order valence-corrected chi connectivity index (χ1v) is 5.88. The molecule has 0 saturated carbocycles. The molecule has 0 bridgehead atoms. The Kier molecular flexibility index (Phi) is 5.40. The van der Waals surface area contributed by atoms with E-state index < -0.39 is 12.6 Å². The average Bonchev–Trinajstić information content (AvgIpc) is 2.24. The van der Waals surface area contributed by atoms with E-state index in [9.17, 15) is 13.2 Å². The Morgan fingerprint density at radius 1 is 1.24 bits per heavy atom. The molecule has 0 radical (unpaired) electrons. The van der Waals surface area contributed by atoms with Crippen LogP contribution in [0.2, 0.25) is 5.02 Å². The van der Waals surface area contributed by atoms with Gasteiger partial charge in [-0.25, -0.2) is 0 Å². The van der Waals surface area contributed by atoms with Crippen LogP contribution in [0.4, 0.5) is 13.2 Å². The minimum absolute atomic E-state index is 0.0346. The van der Waals surface area contributed by atoms with Crippen molar-refractivity contribution in [3.63, 3.8) is 0 Å². The lowest BCUT2D eigenvalue weighted by molar-refractivity contribution is -0.136. The molecule has 0 spiro atoms. The lowest BCUT2D eigenvalue weighted by Crippen LogP contribution is -2.10. The Morgan fingerprint density at radius 2 is 1.94 bits per heavy atom. The standard InChI is InChI=1S/C11H11Cl2F3O/c12-7-8-3-1-4-9(13)10(8)17-6-2-5-11(14,15)16/h1,3-4H,2,5-7H2. The molecule has 0 aromatic heterocycles. The van der Waals surface area contributed by atoms with Gasteiger partial charge in [-0.2, -0.15) is 13.2 Å². The van der Waals surface area contributed by atoms with E-state index in [1.54, 1.807) is 18.2 Å². The van der Waals surface area contributed by atoms with Crippen LogP contribution in [0.25, 0.3) is 0 Å². The molecule has 96 valence electrons. The molecule has 0 atom stereocenters. The molecule has 0 aliphatic carbocycles. The highest BCUT2D eigenvalue weighted by molar-refractivity contribution is 6.32. The summed E-state index contributed by atoms with van der Waals surface area (Å²) in [6.45, 7) is -0.0346. The van der Waals surface area contributed by atoms with Crippen molar-refractivity contribution < 1.29 is 17.9 Å². The molecule has 0 heterocycles. The van der Waals surface area contributed by atoms with Gasteiger partial charge in [0.1, 0.15) is 5.75 Å². The molecule has 1 aromatic carbocycles. The summed E-state index contributed by atoms with van der Waals surface area (Å²) in [5.74, 6) is 0.571. The van der Waals surface area contributed by atoms with E-state index in [1.807, 2.05) is 0 Å². The summed E-state index contributed by atoms with van der Waals surface area (Å²) in [6.07, 6.45) is -5.12. The second kappa shape index (κ2) is 6.36. The van der Waals surface area contributed by atoms with Crippen LogP contribution in [0, 0.1) is 0 Å². The summed E-state index contributed by atoms with van der Waals surface area (Å²) in [6, 6.07) is 5.04. The van der Waals surface area contributed by atoms with Gasteiger partial charge in [0.15, 0.2) is 0 Å². The van der Waals surface area contributed by atoms with Gasteiger partial charge < -0.3 is 4.74 Å². The van der Waals surface area contributed by atoms with E-state index in [-0.39, 0.29) is 18.9 Å². The summed E-state index contributed by atoms with van der Waals surface area (Å²) < 4.78 is 40.9. The monoisotopic (exact) mass is 286 g/mol. The van der Waals surface area contributed by atoms with Crippen molar-refractivity contribution in [3.05, 3.63) is 28.8 Å². The topological polar surface area (TPSA) is 9.23 Å². The number of halogens is 5. The van der Waals surface area contributed by atoms with E-state index in [1.165, 1.54) is 0 Å². The molecule has 6 heteroatoms. The number of hydrogen-bond donors (Lipinski definition) is 0. The van der Waals surface area contributed by atoms with Crippen molar-refractivity contribution in [2.45, 2.75) is 24.9 Å². The normalized spacial score (nSPS) is 11.6. The SMILES string of the molecule is FC(F)(F)CCCOc1c(Cl)cccc1CCl. The third kappa shape index (κ3) is 5.04. The van der Waals surface area contributed by atoms with Gasteiger partial charge >= 0.3 is 6.18 Å². The average molecular weight is 287 g/mol. The number of hydrogen-bond acceptors (Lipinski definition) is 1. The zero-order valence-electron chi connectivity index (χ0n) is 8.86. The number of ether oxygens (including phenoxy) is 1. The van der Waals surface area contributed by atoms with E-state index in [0.717, 1.165) is 0 Å². The highest BCUT2D eigenvalue weighted by Gasteiger charge is 2.26. The van der Waals surface area contributed by atoms with Crippen LogP contribution in [0.1, 0.15) is 18.4 Å². The molecule has 1 aromatic rings. The van der Waals surface area contributed by atoms with Gasteiger partial charge in [0.2, 0.25) is 0 Å². The summed E-state index contributed by atoms with van der Waals surface area (Å²) in [5, 5.41) is 0.357. The molecule has 0 aliphatic rings. The molecular weight excluding hydrogens is 276 g/mol. The number of rotatable bonds is 5. The quantitative estimate of drug-likeness (QED) is 0.558. The van der Waals surface area contributed by atoms with Crippen LogP contribution in [-0.4, -0.2) is 12.8 Å². The van der Waals surface area contributed by atoms with Gasteiger partial charge in [-0.05, 0) is 12.5 Å². The Hall–Kier alpha value is -0.610. The number of benzene rings is 1. The lowest BCUT2D eigenvalue weighted by atomic mass is 10.2. The Morgan fingerprint density at radius 3 is 2.53 bits per heavy atom. The third-order valence-electron chi connectivity index (χ3n) is 2.04. The first-order chi connectivity index (χ1) is 7.94. The minimum Gasteiger partial charge on any atom is -0.492 e. The van der Waals surface area contributed by atoms with Crippen LogP contribution in [0.15, 0.2) is 18.2 Å². The van der Waals surface area contributed by atoms with Crippen molar-refractivity contribution >= 4 is 23.2 Å². The molecule has 0 amide bonds. The molecule has 0 saturated heterocycles. The first-order valence-electron chi connectivity index (χ1n) is 4.97. The predicted molar refractivity (Wildman–Crippen MR) is 61.8 cm³/mol. The van der Waals surface area contributed by atoms with Crippen molar-refractivity contribution in [2.75, 3.05) is 6.61 Å². The molecule has 1 rings (SSSR count). The Balaban J connectivity index is 2.52. The largest absolute Gasteiger partial charge is 0.492 e. The van der Waals surface area contributed by atoms with Crippen LogP contribution < -0.4 is 4.74 Å². The Bertz CT molecular complexity index is 366. The fourth-order valence-corrected chi connectivity index (χ4v) is 1.73. The number of alkyl halides is 4. The van der Waals surface area contributed by atoms with Gasteiger partial charge in [-0.15, -0.1) is 11.6 Å². The smallest absolute Gasteiger partial charge is 0.389 e. The molecular formula is C11H11Cl2F3O. The van der Waals surface area contributed by atoms with Crippen molar-refractivity contribution in [1.29, 1.82) is 0 Å². The number of para-hydroxylation sites is 1. The van der Waals surface area contributed by atoms with Crippen LogP contribution in [-0.2, 0) is 5.88 Å². The van der Waals surface area contributed by atoms with E-state index in [2.05, 4.69) is 0 Å². The molecule has 0 N–H and O–H groups in total.